The monoisotopic (exact) mass is 276 g/mol. The molecule has 0 aliphatic carbocycles. The van der Waals surface area contributed by atoms with Crippen molar-refractivity contribution in [3.63, 3.8) is 0 Å². The van der Waals surface area contributed by atoms with Crippen LogP contribution in [-0.4, -0.2) is 27.9 Å². The summed E-state index contributed by atoms with van der Waals surface area (Å²) in [6, 6.07) is 4.51. The van der Waals surface area contributed by atoms with Crippen molar-refractivity contribution in [2.24, 2.45) is 0 Å². The first-order valence-electron chi connectivity index (χ1n) is 5.56. The summed E-state index contributed by atoms with van der Waals surface area (Å²) < 4.78 is 0.641. The molecule has 2 amide bonds. The van der Waals surface area contributed by atoms with Gasteiger partial charge in [0, 0.05) is 12.8 Å². The first-order valence-corrected chi connectivity index (χ1v) is 6.37. The number of nitrogens with zero attached hydrogens (tertiary/aromatic N) is 2. The number of amides is 2. The van der Waals surface area contributed by atoms with Crippen molar-refractivity contribution < 1.29 is 19.5 Å². The van der Waals surface area contributed by atoms with Crippen LogP contribution < -0.4 is 4.90 Å². The average molecular weight is 276 g/mol. The molecule has 0 saturated carbocycles. The highest BCUT2D eigenvalue weighted by molar-refractivity contribution is 7.22. The van der Waals surface area contributed by atoms with Crippen LogP contribution in [0.15, 0.2) is 18.2 Å². The van der Waals surface area contributed by atoms with E-state index in [9.17, 15) is 14.4 Å². The predicted molar refractivity (Wildman–Crippen MR) is 68.3 cm³/mol. The van der Waals surface area contributed by atoms with Crippen LogP contribution in [0.25, 0.3) is 10.2 Å². The van der Waals surface area contributed by atoms with E-state index in [1.54, 1.807) is 6.07 Å². The van der Waals surface area contributed by atoms with Gasteiger partial charge in [-0.05, 0) is 18.2 Å². The van der Waals surface area contributed by atoms with Crippen LogP contribution >= 0.6 is 11.3 Å². The maximum atomic E-state index is 11.6. The van der Waals surface area contributed by atoms with Gasteiger partial charge in [-0.1, -0.05) is 11.3 Å². The van der Waals surface area contributed by atoms with Crippen molar-refractivity contribution >= 4 is 44.5 Å². The minimum Gasteiger partial charge on any atom is -0.478 e. The molecule has 2 aromatic rings. The number of thiazole rings is 1. The molecule has 96 valence electrons. The van der Waals surface area contributed by atoms with Gasteiger partial charge in [-0.15, -0.1) is 0 Å². The summed E-state index contributed by atoms with van der Waals surface area (Å²) in [7, 11) is 0. The Morgan fingerprint density at radius 1 is 1.26 bits per heavy atom. The fraction of sp³-hybridized carbons (Fsp3) is 0.167. The number of anilines is 1. The Morgan fingerprint density at radius 3 is 2.58 bits per heavy atom. The van der Waals surface area contributed by atoms with Crippen molar-refractivity contribution in [3.05, 3.63) is 23.8 Å². The first kappa shape index (κ1) is 11.8. The molecule has 1 fully saturated rings. The molecule has 0 radical (unpaired) electrons. The van der Waals surface area contributed by atoms with Crippen molar-refractivity contribution in [1.82, 2.24) is 4.98 Å². The van der Waals surface area contributed by atoms with Gasteiger partial charge in [-0.25, -0.2) is 14.7 Å². The second-order valence-corrected chi connectivity index (χ2v) is 5.12. The molecule has 1 aromatic carbocycles. The Balaban J connectivity index is 2.09. The second kappa shape index (κ2) is 4.13. The van der Waals surface area contributed by atoms with E-state index in [-0.39, 0.29) is 30.2 Å². The highest BCUT2D eigenvalue weighted by Crippen LogP contribution is 2.32. The molecule has 0 bridgehead atoms. The van der Waals surface area contributed by atoms with Crippen molar-refractivity contribution in [3.8, 4) is 0 Å². The lowest BCUT2D eigenvalue weighted by Crippen LogP contribution is -2.28. The molecule has 1 aromatic heterocycles. The van der Waals surface area contributed by atoms with Crippen LogP contribution in [0.4, 0.5) is 5.13 Å². The van der Waals surface area contributed by atoms with E-state index >= 15 is 0 Å². The summed E-state index contributed by atoms with van der Waals surface area (Å²) in [5.41, 5.74) is 0.735. The van der Waals surface area contributed by atoms with Gasteiger partial charge in [0.2, 0.25) is 11.8 Å². The summed E-state index contributed by atoms with van der Waals surface area (Å²) in [5, 5.41) is 9.22. The third-order valence-electron chi connectivity index (χ3n) is 2.87. The number of benzene rings is 1. The zero-order valence-electron chi connectivity index (χ0n) is 9.62. The Bertz CT molecular complexity index is 706. The Kier molecular flexibility index (Phi) is 2.56. The number of imide groups is 1. The van der Waals surface area contributed by atoms with Gasteiger partial charge >= 0.3 is 5.97 Å². The maximum absolute atomic E-state index is 11.6. The lowest BCUT2D eigenvalue weighted by atomic mass is 10.2. The number of aromatic nitrogens is 1. The summed E-state index contributed by atoms with van der Waals surface area (Å²) in [4.78, 5) is 39.4. The molecule has 3 rings (SSSR count). The lowest BCUT2D eigenvalue weighted by Gasteiger charge is -2.07. The number of carboxylic acids is 1. The minimum atomic E-state index is -1.02. The number of hydrogen-bond donors (Lipinski definition) is 1. The third kappa shape index (κ3) is 1.88. The average Bonchev–Trinajstić information content (AvgIpc) is 2.91. The molecule has 1 aliphatic rings. The van der Waals surface area contributed by atoms with E-state index in [4.69, 9.17) is 5.11 Å². The highest BCUT2D eigenvalue weighted by Gasteiger charge is 2.32. The molecule has 1 N–H and O–H groups in total. The van der Waals surface area contributed by atoms with Gasteiger partial charge < -0.3 is 5.11 Å². The Morgan fingerprint density at radius 2 is 1.95 bits per heavy atom. The number of carboxylic acid groups (broad SMARTS) is 1. The molecule has 0 atom stereocenters. The van der Waals surface area contributed by atoms with Crippen LogP contribution in [0, 0.1) is 0 Å². The zero-order chi connectivity index (χ0) is 13.6. The number of aromatic carboxylic acids is 1. The summed E-state index contributed by atoms with van der Waals surface area (Å²) >= 11 is 1.14. The minimum absolute atomic E-state index is 0.154. The topological polar surface area (TPSA) is 87.6 Å². The van der Waals surface area contributed by atoms with Gasteiger partial charge in [0.1, 0.15) is 0 Å². The van der Waals surface area contributed by atoms with Gasteiger partial charge in [0.05, 0.1) is 15.8 Å². The molecular weight excluding hydrogens is 268 g/mol. The van der Waals surface area contributed by atoms with Crippen LogP contribution in [0.5, 0.6) is 0 Å². The third-order valence-corrected chi connectivity index (χ3v) is 3.87. The quantitative estimate of drug-likeness (QED) is 0.842. The SMILES string of the molecule is O=C(O)c1ccc2nc(N3C(=O)CCC3=O)sc2c1. The summed E-state index contributed by atoms with van der Waals surface area (Å²) in [6.45, 7) is 0. The summed E-state index contributed by atoms with van der Waals surface area (Å²) in [5.74, 6) is -1.55. The Hall–Kier alpha value is -2.28. The van der Waals surface area contributed by atoms with Crippen molar-refractivity contribution in [1.29, 1.82) is 0 Å². The predicted octanol–water partition coefficient (Wildman–Crippen LogP) is 1.65. The highest BCUT2D eigenvalue weighted by atomic mass is 32.1. The van der Waals surface area contributed by atoms with Crippen molar-refractivity contribution in [2.45, 2.75) is 12.8 Å². The van der Waals surface area contributed by atoms with E-state index in [0.717, 1.165) is 16.2 Å². The molecule has 1 saturated heterocycles. The number of carbonyl (C=O) groups excluding carboxylic acids is 2. The van der Waals surface area contributed by atoms with E-state index in [1.807, 2.05) is 0 Å². The van der Waals surface area contributed by atoms with E-state index < -0.39 is 5.97 Å². The molecule has 19 heavy (non-hydrogen) atoms. The van der Waals surface area contributed by atoms with E-state index in [0.29, 0.717) is 15.3 Å². The number of rotatable bonds is 2. The normalized spacial score (nSPS) is 15.5. The molecule has 0 unspecified atom stereocenters. The number of fused-ring (bicyclic) bond motifs is 1. The van der Waals surface area contributed by atoms with Crippen LogP contribution in [0.2, 0.25) is 0 Å². The molecule has 2 heterocycles. The maximum Gasteiger partial charge on any atom is 0.335 e. The van der Waals surface area contributed by atoms with E-state index in [1.165, 1.54) is 12.1 Å². The number of carbonyl (C=O) groups is 3. The zero-order valence-corrected chi connectivity index (χ0v) is 10.4. The lowest BCUT2D eigenvalue weighted by molar-refractivity contribution is -0.121. The Labute approximate surface area is 111 Å². The molecule has 7 heteroatoms. The second-order valence-electron chi connectivity index (χ2n) is 4.11. The van der Waals surface area contributed by atoms with Gasteiger partial charge in [-0.3, -0.25) is 9.59 Å². The smallest absolute Gasteiger partial charge is 0.335 e. The van der Waals surface area contributed by atoms with E-state index in [2.05, 4.69) is 4.98 Å². The fourth-order valence-electron chi connectivity index (χ4n) is 1.93. The van der Waals surface area contributed by atoms with Crippen LogP contribution in [0.1, 0.15) is 23.2 Å². The van der Waals surface area contributed by atoms with Gasteiger partial charge in [-0.2, -0.15) is 0 Å². The van der Waals surface area contributed by atoms with Gasteiger partial charge in [0.15, 0.2) is 5.13 Å². The fourth-order valence-corrected chi connectivity index (χ4v) is 2.97. The molecule has 1 aliphatic heterocycles. The van der Waals surface area contributed by atoms with Crippen molar-refractivity contribution in [2.75, 3.05) is 4.90 Å². The molecular formula is C12H8N2O4S. The largest absolute Gasteiger partial charge is 0.478 e. The molecule has 6 nitrogen and oxygen atoms in total. The summed E-state index contributed by atoms with van der Waals surface area (Å²) in [6.07, 6.45) is 0.407. The van der Waals surface area contributed by atoms with Crippen LogP contribution in [-0.2, 0) is 9.59 Å². The van der Waals surface area contributed by atoms with Gasteiger partial charge in [0.25, 0.3) is 0 Å². The number of hydrogen-bond acceptors (Lipinski definition) is 5. The standard InChI is InChI=1S/C12H8N2O4S/c15-9-3-4-10(16)14(9)12-13-7-2-1-6(11(17)18)5-8(7)19-12/h1-2,5H,3-4H2,(H,17,18). The first-order chi connectivity index (χ1) is 9.06. The molecule has 0 spiro atoms. The van der Waals surface area contributed by atoms with Crippen LogP contribution in [0.3, 0.4) is 0 Å².